The maximum Gasteiger partial charge on any atom is 0.200 e. The van der Waals surface area contributed by atoms with Crippen LogP contribution in [-0.2, 0) is 6.42 Å². The van der Waals surface area contributed by atoms with Crippen molar-refractivity contribution < 1.29 is 5.11 Å². The molecule has 2 heterocycles. The van der Waals surface area contributed by atoms with E-state index in [1.165, 1.54) is 0 Å². The molecular weight excluding hydrogens is 356 g/mol. The van der Waals surface area contributed by atoms with Crippen molar-refractivity contribution >= 4 is 23.1 Å². The fourth-order valence-electron chi connectivity index (χ4n) is 3.50. The van der Waals surface area contributed by atoms with Gasteiger partial charge in [-0.05, 0) is 68.4 Å². The fourth-order valence-corrected chi connectivity index (χ4v) is 3.73. The summed E-state index contributed by atoms with van der Waals surface area (Å²) in [6.45, 7) is 6.41. The van der Waals surface area contributed by atoms with Crippen LogP contribution in [-0.4, -0.2) is 24.4 Å². The molecule has 0 saturated heterocycles. The van der Waals surface area contributed by atoms with Crippen LogP contribution in [0.25, 0.3) is 28.0 Å². The molecule has 2 N–H and O–H groups in total. The van der Waals surface area contributed by atoms with Gasteiger partial charge in [0, 0.05) is 17.6 Å². The lowest BCUT2D eigenvalue weighted by molar-refractivity contribution is 0.476. The van der Waals surface area contributed by atoms with Crippen molar-refractivity contribution in [3.8, 4) is 22.8 Å². The second-order valence-corrected chi connectivity index (χ2v) is 7.31. The molecule has 2 aromatic heterocycles. The Morgan fingerprint density at radius 1 is 1.19 bits per heavy atom. The fraction of sp³-hybridized carbons (Fsp3) is 0.238. The minimum absolute atomic E-state index is 0.189. The van der Waals surface area contributed by atoms with Crippen LogP contribution in [0.4, 0.5) is 0 Å². The summed E-state index contributed by atoms with van der Waals surface area (Å²) in [5.74, 6) is 0.798. The highest BCUT2D eigenvalue weighted by molar-refractivity contribution is 7.71. The van der Waals surface area contributed by atoms with Gasteiger partial charge in [0.1, 0.15) is 5.75 Å². The van der Waals surface area contributed by atoms with Crippen molar-refractivity contribution in [1.29, 1.82) is 0 Å². The van der Waals surface area contributed by atoms with Crippen LogP contribution in [0.5, 0.6) is 5.75 Å². The average Bonchev–Trinajstić information content (AvgIpc) is 3.26. The average molecular weight is 379 g/mol. The Balaban J connectivity index is 1.99. The van der Waals surface area contributed by atoms with Crippen molar-refractivity contribution in [2.75, 3.05) is 0 Å². The molecule has 0 aliphatic carbocycles. The molecule has 4 aromatic rings. The Kier molecular flexibility index (Phi) is 4.36. The predicted molar refractivity (Wildman–Crippen MR) is 111 cm³/mol. The van der Waals surface area contributed by atoms with Gasteiger partial charge in [-0.3, -0.25) is 9.67 Å². The Morgan fingerprint density at radius 3 is 2.74 bits per heavy atom. The first kappa shape index (κ1) is 17.5. The first-order valence-corrected chi connectivity index (χ1v) is 9.51. The van der Waals surface area contributed by atoms with Gasteiger partial charge in [-0.25, -0.2) is 0 Å². The third kappa shape index (κ3) is 2.86. The second-order valence-electron chi connectivity index (χ2n) is 6.92. The third-order valence-electron chi connectivity index (χ3n) is 4.92. The zero-order valence-corrected chi connectivity index (χ0v) is 16.4. The molecule has 0 bridgehead atoms. The lowest BCUT2D eigenvalue weighted by Gasteiger charge is -2.13. The Bertz CT molecular complexity index is 1180. The van der Waals surface area contributed by atoms with Crippen molar-refractivity contribution in [1.82, 2.24) is 19.3 Å². The number of nitrogens with one attached hydrogen (secondary N) is 1. The minimum atomic E-state index is 0.189. The molecule has 0 fully saturated rings. The van der Waals surface area contributed by atoms with Gasteiger partial charge in [0.05, 0.1) is 16.8 Å². The van der Waals surface area contributed by atoms with Gasteiger partial charge in [0.25, 0.3) is 0 Å². The van der Waals surface area contributed by atoms with Crippen LogP contribution in [0.3, 0.4) is 0 Å². The van der Waals surface area contributed by atoms with E-state index in [1.807, 2.05) is 28.8 Å². The normalized spacial score (nSPS) is 11.6. The Labute approximate surface area is 162 Å². The largest absolute Gasteiger partial charge is 0.507 e. The molecule has 27 heavy (non-hydrogen) atoms. The number of aromatic hydroxyl groups is 1. The van der Waals surface area contributed by atoms with E-state index in [-0.39, 0.29) is 5.75 Å². The van der Waals surface area contributed by atoms with E-state index in [1.54, 1.807) is 6.07 Å². The molecule has 0 saturated carbocycles. The summed E-state index contributed by atoms with van der Waals surface area (Å²) in [6, 6.07) is 14.2. The topological polar surface area (TPSA) is 58.8 Å². The summed E-state index contributed by atoms with van der Waals surface area (Å²) >= 11 is 5.54. The number of hydrogen-bond donors (Lipinski definition) is 2. The minimum Gasteiger partial charge on any atom is -0.507 e. The lowest BCUT2D eigenvalue weighted by Crippen LogP contribution is -2.01. The number of aromatic nitrogens is 4. The van der Waals surface area contributed by atoms with E-state index in [0.717, 1.165) is 28.6 Å². The highest BCUT2D eigenvalue weighted by Crippen LogP contribution is 2.33. The number of rotatable bonds is 4. The van der Waals surface area contributed by atoms with E-state index in [0.29, 0.717) is 22.2 Å². The smallest absolute Gasteiger partial charge is 0.200 e. The van der Waals surface area contributed by atoms with Gasteiger partial charge >= 0.3 is 0 Å². The van der Waals surface area contributed by atoms with Gasteiger partial charge in [-0.15, -0.1) is 0 Å². The summed E-state index contributed by atoms with van der Waals surface area (Å²) in [4.78, 5) is 0. The Hall–Kier alpha value is -2.86. The molecule has 0 aliphatic heterocycles. The first-order valence-electron chi connectivity index (χ1n) is 9.11. The number of phenols is 1. The maximum atomic E-state index is 10.4. The SMILES string of the molecule is CCc1ccc(O)c(-c2n[nH]c(=S)n2-c2cccc3c2ccn3C(C)C)c1. The third-order valence-corrected chi connectivity index (χ3v) is 5.19. The number of hydrogen-bond acceptors (Lipinski definition) is 3. The molecule has 0 radical (unpaired) electrons. The monoisotopic (exact) mass is 378 g/mol. The van der Waals surface area contributed by atoms with Crippen molar-refractivity contribution in [3.05, 3.63) is 59.0 Å². The van der Waals surface area contributed by atoms with Crippen LogP contribution in [0.2, 0.25) is 0 Å². The number of aromatic amines is 1. The van der Waals surface area contributed by atoms with Gasteiger partial charge in [-0.1, -0.05) is 19.1 Å². The van der Waals surface area contributed by atoms with Crippen molar-refractivity contribution in [2.24, 2.45) is 0 Å². The molecule has 0 aliphatic rings. The van der Waals surface area contributed by atoms with Crippen LogP contribution in [0.1, 0.15) is 32.4 Å². The summed E-state index contributed by atoms with van der Waals surface area (Å²) < 4.78 is 4.63. The van der Waals surface area contributed by atoms with E-state index < -0.39 is 0 Å². The zero-order chi connectivity index (χ0) is 19.1. The van der Waals surface area contributed by atoms with E-state index in [4.69, 9.17) is 12.2 Å². The molecule has 2 aromatic carbocycles. The standard InChI is InChI=1S/C21H22N4OS/c1-4-14-8-9-19(26)16(12-14)20-22-23-21(27)25(20)18-7-5-6-17-15(18)10-11-24(17)13(2)3/h5-13,26H,4H2,1-3H3,(H,23,27). The van der Waals surface area contributed by atoms with E-state index >= 15 is 0 Å². The lowest BCUT2D eigenvalue weighted by atomic mass is 10.1. The molecule has 4 rings (SSSR count). The number of phenolic OH excluding ortho intramolecular Hbond substituents is 1. The molecular formula is C21H22N4OS. The van der Waals surface area contributed by atoms with Gasteiger partial charge in [0.15, 0.2) is 10.6 Å². The molecule has 6 heteroatoms. The van der Waals surface area contributed by atoms with Crippen LogP contribution < -0.4 is 0 Å². The van der Waals surface area contributed by atoms with Crippen molar-refractivity contribution in [3.63, 3.8) is 0 Å². The summed E-state index contributed by atoms with van der Waals surface area (Å²) in [5, 5.41) is 18.9. The van der Waals surface area contributed by atoms with Gasteiger partial charge in [-0.2, -0.15) is 5.10 Å². The molecule has 5 nitrogen and oxygen atoms in total. The Morgan fingerprint density at radius 2 is 2.00 bits per heavy atom. The zero-order valence-electron chi connectivity index (χ0n) is 15.6. The summed E-state index contributed by atoms with van der Waals surface area (Å²) in [5.41, 5.74) is 3.89. The van der Waals surface area contributed by atoms with Gasteiger partial charge in [0.2, 0.25) is 0 Å². The van der Waals surface area contributed by atoms with E-state index in [9.17, 15) is 5.11 Å². The summed E-state index contributed by atoms with van der Waals surface area (Å²) in [6.07, 6.45) is 2.97. The molecule has 0 atom stereocenters. The highest BCUT2D eigenvalue weighted by Gasteiger charge is 2.17. The number of nitrogens with zero attached hydrogens (tertiary/aromatic N) is 3. The number of H-pyrrole nitrogens is 1. The molecule has 0 unspecified atom stereocenters. The number of fused-ring (bicyclic) bond motifs is 1. The van der Waals surface area contributed by atoms with E-state index in [2.05, 4.69) is 53.9 Å². The van der Waals surface area contributed by atoms with Crippen molar-refractivity contribution in [2.45, 2.75) is 33.2 Å². The number of aryl methyl sites for hydroxylation is 1. The predicted octanol–water partition coefficient (Wildman–Crippen LogP) is 5.40. The number of benzene rings is 2. The van der Waals surface area contributed by atoms with Crippen LogP contribution >= 0.6 is 12.2 Å². The highest BCUT2D eigenvalue weighted by atomic mass is 32.1. The van der Waals surface area contributed by atoms with Crippen LogP contribution in [0.15, 0.2) is 48.7 Å². The molecule has 138 valence electrons. The first-order chi connectivity index (χ1) is 13.0. The maximum absolute atomic E-state index is 10.4. The second kappa shape index (κ2) is 6.70. The molecule has 0 amide bonds. The van der Waals surface area contributed by atoms with Crippen LogP contribution in [0, 0.1) is 4.77 Å². The summed E-state index contributed by atoms with van der Waals surface area (Å²) in [7, 11) is 0. The van der Waals surface area contributed by atoms with Gasteiger partial charge < -0.3 is 9.67 Å². The molecule has 0 spiro atoms. The quantitative estimate of drug-likeness (QED) is 0.467.